The number of fused-ring (bicyclic) bond motifs is 2. The molecule has 2 nitrogen and oxygen atoms in total. The molecule has 50 valence electrons. The molecule has 1 N–H and O–H groups in total. The quantitative estimate of drug-likeness (QED) is 0.572. The van der Waals surface area contributed by atoms with Gasteiger partial charge in [-0.15, -0.1) is 0 Å². The lowest BCUT2D eigenvalue weighted by atomic mass is 10.2. The smallest absolute Gasteiger partial charge is 0.195 e. The Balaban J connectivity index is 2.66. The Kier molecular flexibility index (Phi) is 0.939. The van der Waals surface area contributed by atoms with Crippen LogP contribution in [0.5, 0.6) is 0 Å². The topological polar surface area (TPSA) is 37.3 Å². The third-order valence-electron chi connectivity index (χ3n) is 1.74. The van der Waals surface area contributed by atoms with Crippen molar-refractivity contribution < 1.29 is 9.90 Å². The second-order valence-corrected chi connectivity index (χ2v) is 2.39. The average Bonchev–Trinajstić information content (AvgIpc) is 2.17. The molecule has 2 bridgehead atoms. The number of ketones is 1. The van der Waals surface area contributed by atoms with Crippen molar-refractivity contribution in [3.05, 3.63) is 35.4 Å². The molecule has 0 fully saturated rings. The summed E-state index contributed by atoms with van der Waals surface area (Å²) >= 11 is 0. The Hall–Kier alpha value is -1.15. The van der Waals surface area contributed by atoms with Crippen LogP contribution in [-0.4, -0.2) is 10.9 Å². The van der Waals surface area contributed by atoms with Crippen LogP contribution >= 0.6 is 0 Å². The van der Waals surface area contributed by atoms with Crippen molar-refractivity contribution in [3.63, 3.8) is 0 Å². The molecule has 1 aromatic rings. The molecule has 0 spiro atoms. The number of aliphatic hydroxyl groups is 1. The maximum atomic E-state index is 11.0. The molecular weight excluding hydrogens is 128 g/mol. The summed E-state index contributed by atoms with van der Waals surface area (Å²) in [5.74, 6) is -0.181. The predicted molar refractivity (Wildman–Crippen MR) is 35.7 cm³/mol. The van der Waals surface area contributed by atoms with Crippen molar-refractivity contribution in [1.82, 2.24) is 0 Å². The molecule has 1 aliphatic carbocycles. The summed E-state index contributed by atoms with van der Waals surface area (Å²) in [6, 6.07) is 6.95. The SMILES string of the molecule is O=C1c2cccc(c2)C1O. The molecule has 1 aromatic carbocycles. The van der Waals surface area contributed by atoms with Crippen molar-refractivity contribution >= 4 is 5.78 Å². The summed E-state index contributed by atoms with van der Waals surface area (Å²) in [4.78, 5) is 11.0. The van der Waals surface area contributed by atoms with Crippen LogP contribution in [0.1, 0.15) is 22.0 Å². The van der Waals surface area contributed by atoms with Gasteiger partial charge >= 0.3 is 0 Å². The summed E-state index contributed by atoms with van der Waals surface area (Å²) in [6.07, 6.45) is -0.898. The highest BCUT2D eigenvalue weighted by atomic mass is 16.3. The normalized spacial score (nSPS) is 21.7. The minimum absolute atomic E-state index is 0.181. The predicted octanol–water partition coefficient (Wildman–Crippen LogP) is 0.916. The highest BCUT2D eigenvalue weighted by Gasteiger charge is 2.25. The molecule has 0 saturated carbocycles. The van der Waals surface area contributed by atoms with E-state index < -0.39 is 6.10 Å². The maximum Gasteiger partial charge on any atom is 0.195 e. The Morgan fingerprint density at radius 3 is 2.80 bits per heavy atom. The Labute approximate surface area is 58.1 Å². The van der Waals surface area contributed by atoms with Crippen LogP contribution in [0.4, 0.5) is 0 Å². The largest absolute Gasteiger partial charge is 0.380 e. The number of carbonyl (C=O) groups is 1. The molecule has 0 radical (unpaired) electrons. The van der Waals surface area contributed by atoms with Gasteiger partial charge < -0.3 is 5.11 Å². The van der Waals surface area contributed by atoms with Gasteiger partial charge in [-0.3, -0.25) is 4.79 Å². The van der Waals surface area contributed by atoms with E-state index in [1.54, 1.807) is 24.3 Å². The minimum Gasteiger partial charge on any atom is -0.380 e. The van der Waals surface area contributed by atoms with E-state index in [0.717, 1.165) is 0 Å². The minimum atomic E-state index is -0.898. The van der Waals surface area contributed by atoms with Crippen LogP contribution < -0.4 is 0 Å². The Bertz CT molecular complexity index is 291. The maximum absolute atomic E-state index is 11.0. The lowest BCUT2D eigenvalue weighted by Crippen LogP contribution is -2.02. The first-order valence-electron chi connectivity index (χ1n) is 3.11. The molecule has 1 aliphatic rings. The zero-order valence-corrected chi connectivity index (χ0v) is 5.24. The first kappa shape index (κ1) is 5.62. The van der Waals surface area contributed by atoms with Gasteiger partial charge in [0.25, 0.3) is 0 Å². The van der Waals surface area contributed by atoms with Crippen LogP contribution in [0.15, 0.2) is 24.3 Å². The van der Waals surface area contributed by atoms with Gasteiger partial charge in [0.05, 0.1) is 0 Å². The number of hydrogen-bond donors (Lipinski definition) is 1. The molecule has 2 heteroatoms. The molecular formula is C8H6O2. The number of benzene rings is 1. The molecule has 1 atom stereocenters. The van der Waals surface area contributed by atoms with Crippen molar-refractivity contribution in [2.24, 2.45) is 0 Å². The third kappa shape index (κ3) is 0.539. The van der Waals surface area contributed by atoms with E-state index in [-0.39, 0.29) is 5.78 Å². The molecule has 0 amide bonds. The number of carbonyl (C=O) groups excluding carboxylic acids is 1. The van der Waals surface area contributed by atoms with Crippen LogP contribution in [0.25, 0.3) is 0 Å². The van der Waals surface area contributed by atoms with Crippen molar-refractivity contribution in [2.45, 2.75) is 6.10 Å². The fourth-order valence-corrected chi connectivity index (χ4v) is 1.17. The van der Waals surface area contributed by atoms with E-state index in [0.29, 0.717) is 11.1 Å². The zero-order valence-electron chi connectivity index (χ0n) is 5.24. The van der Waals surface area contributed by atoms with Gasteiger partial charge in [-0.05, 0) is 11.6 Å². The van der Waals surface area contributed by atoms with Gasteiger partial charge in [0.1, 0.15) is 6.10 Å². The van der Waals surface area contributed by atoms with Gasteiger partial charge in [-0.2, -0.15) is 0 Å². The van der Waals surface area contributed by atoms with Gasteiger partial charge in [0.2, 0.25) is 0 Å². The number of hydrogen-bond acceptors (Lipinski definition) is 2. The number of aliphatic hydroxyl groups excluding tert-OH is 1. The molecule has 0 heterocycles. The Morgan fingerprint density at radius 2 is 2.20 bits per heavy atom. The fraction of sp³-hybridized carbons (Fsp3) is 0.125. The second-order valence-electron chi connectivity index (χ2n) is 2.39. The molecule has 1 unspecified atom stereocenters. The molecule has 2 rings (SSSR count). The van der Waals surface area contributed by atoms with Gasteiger partial charge in [0, 0.05) is 5.56 Å². The van der Waals surface area contributed by atoms with Crippen LogP contribution in [0.2, 0.25) is 0 Å². The molecule has 0 aliphatic heterocycles. The first-order chi connectivity index (χ1) is 4.79. The molecule has 0 aromatic heterocycles. The highest BCUT2D eigenvalue weighted by molar-refractivity contribution is 6.03. The van der Waals surface area contributed by atoms with E-state index in [2.05, 4.69) is 0 Å². The first-order valence-corrected chi connectivity index (χ1v) is 3.11. The lowest BCUT2D eigenvalue weighted by Gasteiger charge is -1.95. The highest BCUT2D eigenvalue weighted by Crippen LogP contribution is 2.25. The van der Waals surface area contributed by atoms with Crippen LogP contribution in [-0.2, 0) is 0 Å². The lowest BCUT2D eigenvalue weighted by molar-refractivity contribution is 0.0767. The number of Topliss-reactive ketones (excluding diaryl/α,β-unsaturated/α-hetero) is 1. The Morgan fingerprint density at radius 1 is 1.40 bits per heavy atom. The fourth-order valence-electron chi connectivity index (χ4n) is 1.17. The molecule has 0 saturated heterocycles. The average molecular weight is 134 g/mol. The van der Waals surface area contributed by atoms with E-state index in [1.807, 2.05) is 0 Å². The summed E-state index contributed by atoms with van der Waals surface area (Å²) in [5.41, 5.74) is 1.33. The zero-order chi connectivity index (χ0) is 7.14. The number of rotatable bonds is 0. The summed E-state index contributed by atoms with van der Waals surface area (Å²) in [5, 5.41) is 9.16. The van der Waals surface area contributed by atoms with Gasteiger partial charge in [0.15, 0.2) is 5.78 Å². The second kappa shape index (κ2) is 1.67. The van der Waals surface area contributed by atoms with Crippen molar-refractivity contribution in [1.29, 1.82) is 0 Å². The van der Waals surface area contributed by atoms with Gasteiger partial charge in [-0.1, -0.05) is 18.2 Å². The monoisotopic (exact) mass is 134 g/mol. The van der Waals surface area contributed by atoms with Gasteiger partial charge in [-0.25, -0.2) is 0 Å². The summed E-state index contributed by atoms with van der Waals surface area (Å²) in [6.45, 7) is 0. The van der Waals surface area contributed by atoms with Crippen molar-refractivity contribution in [2.75, 3.05) is 0 Å². The third-order valence-corrected chi connectivity index (χ3v) is 1.74. The van der Waals surface area contributed by atoms with E-state index in [1.165, 1.54) is 0 Å². The van der Waals surface area contributed by atoms with E-state index in [4.69, 9.17) is 5.11 Å². The van der Waals surface area contributed by atoms with Crippen molar-refractivity contribution in [3.8, 4) is 0 Å². The van der Waals surface area contributed by atoms with Crippen LogP contribution in [0, 0.1) is 0 Å². The van der Waals surface area contributed by atoms with Crippen LogP contribution in [0.3, 0.4) is 0 Å². The summed E-state index contributed by atoms with van der Waals surface area (Å²) in [7, 11) is 0. The summed E-state index contributed by atoms with van der Waals surface area (Å²) < 4.78 is 0. The van der Waals surface area contributed by atoms with E-state index >= 15 is 0 Å². The standard InChI is InChI=1S/C8H6O2/c9-7-5-2-1-3-6(4-5)8(7)10/h1-4,7,9H. The molecule has 10 heavy (non-hydrogen) atoms. The van der Waals surface area contributed by atoms with E-state index in [9.17, 15) is 4.79 Å².